The van der Waals surface area contributed by atoms with E-state index in [0.717, 1.165) is 87.0 Å². The lowest BCUT2D eigenvalue weighted by molar-refractivity contribution is -0.137. The topological polar surface area (TPSA) is 186 Å². The van der Waals surface area contributed by atoms with Crippen LogP contribution in [0.2, 0.25) is 0 Å². The molecule has 0 radical (unpaired) electrons. The van der Waals surface area contributed by atoms with E-state index in [1.54, 1.807) is 18.0 Å². The van der Waals surface area contributed by atoms with Crippen LogP contribution >= 0.6 is 0 Å². The smallest absolute Gasteiger partial charge is 0.407 e. The molecule has 0 aliphatic carbocycles. The molecule has 64 heavy (non-hydrogen) atoms. The highest BCUT2D eigenvalue weighted by atomic mass is 16.5. The van der Waals surface area contributed by atoms with Gasteiger partial charge in [0.15, 0.2) is 0 Å². The summed E-state index contributed by atoms with van der Waals surface area (Å²) in [5, 5.41) is 7.51. The van der Waals surface area contributed by atoms with Crippen molar-refractivity contribution >= 4 is 46.1 Å². The predicted molar refractivity (Wildman–Crippen MR) is 238 cm³/mol. The van der Waals surface area contributed by atoms with Crippen molar-refractivity contribution in [3.05, 3.63) is 77.9 Å². The van der Waals surface area contributed by atoms with E-state index < -0.39 is 30.4 Å². The third-order valence-electron chi connectivity index (χ3n) is 13.6. The monoisotopic (exact) mass is 873 g/mol. The summed E-state index contributed by atoms with van der Waals surface area (Å²) in [5.74, 6) is 1.17. The maximum absolute atomic E-state index is 14.1. The number of hydrogen-bond donors (Lipinski definition) is 3. The van der Waals surface area contributed by atoms with Crippen molar-refractivity contribution in [3.8, 4) is 28.1 Å². The number of nitrogens with one attached hydrogen (secondary N) is 3. The first-order valence-electron chi connectivity index (χ1n) is 22.2. The molecular weight excluding hydrogens is 819 g/mol. The number of alkyl carbamates (subject to hydrolysis) is 2. The number of rotatable bonds is 11. The molecule has 3 fully saturated rings. The molecular formula is C48H55N7O9. The highest BCUT2D eigenvalue weighted by molar-refractivity contribution is 6.04. The summed E-state index contributed by atoms with van der Waals surface area (Å²) in [4.78, 5) is 69.0. The number of carbonyl (C=O) groups is 4. The largest absolute Gasteiger partial charge is 0.488 e. The lowest BCUT2D eigenvalue weighted by atomic mass is 9.89. The summed E-state index contributed by atoms with van der Waals surface area (Å²) in [6.07, 6.45) is 7.15. The van der Waals surface area contributed by atoms with E-state index in [4.69, 9.17) is 33.7 Å². The number of nitrogens with zero attached hydrogens (tertiary/aromatic N) is 4. The molecule has 16 nitrogen and oxygen atoms in total. The fraction of sp³-hybridized carbons (Fsp3) is 0.458. The van der Waals surface area contributed by atoms with Gasteiger partial charge in [-0.25, -0.2) is 14.6 Å². The maximum atomic E-state index is 14.1. The number of aromatic amines is 1. The van der Waals surface area contributed by atoms with Gasteiger partial charge in [-0.05, 0) is 97.2 Å². The minimum atomic E-state index is -0.905. The van der Waals surface area contributed by atoms with Gasteiger partial charge < -0.3 is 49.1 Å². The van der Waals surface area contributed by atoms with Crippen molar-refractivity contribution in [3.63, 3.8) is 0 Å². The maximum Gasteiger partial charge on any atom is 0.407 e. The average Bonchev–Trinajstić information content (AvgIpc) is 4.19. The number of benzene rings is 3. The summed E-state index contributed by atoms with van der Waals surface area (Å²) in [7, 11) is 4.08. The number of amides is 4. The summed E-state index contributed by atoms with van der Waals surface area (Å²) < 4.78 is 27.2. The number of hydrogen-bond acceptors (Lipinski definition) is 11. The molecule has 0 spiro atoms. The third-order valence-corrected chi connectivity index (χ3v) is 13.6. The Bertz CT molecular complexity index is 2510. The van der Waals surface area contributed by atoms with Gasteiger partial charge in [-0.3, -0.25) is 14.6 Å². The Hall–Kier alpha value is -6.26. The lowest BCUT2D eigenvalue weighted by Crippen LogP contribution is -2.55. The van der Waals surface area contributed by atoms with Gasteiger partial charge in [0.2, 0.25) is 11.8 Å². The van der Waals surface area contributed by atoms with Crippen molar-refractivity contribution in [1.82, 2.24) is 30.4 Å². The summed E-state index contributed by atoms with van der Waals surface area (Å²) in [6, 6.07) is 15.0. The molecule has 9 rings (SSSR count). The lowest BCUT2D eigenvalue weighted by Gasteiger charge is -2.34. The Morgan fingerprint density at radius 2 is 1.55 bits per heavy atom. The Labute approximate surface area is 371 Å². The molecule has 5 aliphatic heterocycles. The van der Waals surface area contributed by atoms with E-state index in [-0.39, 0.29) is 29.8 Å². The standard InChI is InChI=1S/C48H55N7O9/c1-27(60-2)41(52-47(58)61-3)45(56)55-18-6-8-40(55)44-50-25-38(51-44)31-11-13-35-30(22-31)10-14-36-34-12-9-29(21-33(34)26-64-43(35)36)32-23-37(49-24-32)39-7-5-17-54(39)46(57)42(53-48(59)62-4)28-15-19-63-20-16-28/h9-14,21-22,24-25,27-28,39-42H,5-8,15-20,23,26H2,1-4H3,(H,50,51)(H,52,58)(H,53,59)/t27-,39+,40+,41?,42+/m1/s1. The molecule has 1 aromatic heterocycles. The zero-order chi connectivity index (χ0) is 44.5. The molecule has 4 aromatic rings. The van der Waals surface area contributed by atoms with Gasteiger partial charge >= 0.3 is 12.2 Å². The fourth-order valence-corrected chi connectivity index (χ4v) is 10.0. The first-order valence-corrected chi connectivity index (χ1v) is 22.2. The molecule has 5 atom stereocenters. The molecule has 4 amide bonds. The number of carbonyl (C=O) groups excluding carboxylic acids is 4. The second-order valence-corrected chi connectivity index (χ2v) is 17.2. The molecule has 1 unspecified atom stereocenters. The van der Waals surface area contributed by atoms with Gasteiger partial charge in [0.05, 0.1) is 44.3 Å². The van der Waals surface area contributed by atoms with Gasteiger partial charge in [-0.2, -0.15) is 0 Å². The second-order valence-electron chi connectivity index (χ2n) is 17.2. The minimum Gasteiger partial charge on any atom is -0.488 e. The van der Waals surface area contributed by atoms with Crippen LogP contribution in [0.5, 0.6) is 5.75 Å². The number of likely N-dealkylation sites (tertiary alicyclic amines) is 2. The minimum absolute atomic E-state index is 0.0185. The summed E-state index contributed by atoms with van der Waals surface area (Å²) in [5.41, 5.74) is 8.16. The highest BCUT2D eigenvalue weighted by Gasteiger charge is 2.42. The molecule has 5 aliphatic rings. The van der Waals surface area contributed by atoms with Crippen LogP contribution in [0.25, 0.3) is 38.7 Å². The van der Waals surface area contributed by atoms with E-state index in [2.05, 4.69) is 64.1 Å². The van der Waals surface area contributed by atoms with Gasteiger partial charge in [-0.15, -0.1) is 0 Å². The third kappa shape index (κ3) is 8.31. The SMILES string of the molecule is COC(=O)NC(C(=O)N1CCC[C@H]1c1ncc(-c2ccc3c4c(ccc3c2)-c2ccc(C3=CN=C([C@@H]5CCCN5C(=O)[C@@H](NC(=O)OC)C5CCOCC5)C3)cc2CO4)[nH]1)[C@@H](C)OC. The first-order chi connectivity index (χ1) is 31.1. The normalized spacial score (nSPS) is 20.9. The van der Waals surface area contributed by atoms with E-state index in [1.807, 2.05) is 11.1 Å². The number of methoxy groups -OCH3 is 3. The van der Waals surface area contributed by atoms with Crippen molar-refractivity contribution in [1.29, 1.82) is 0 Å². The van der Waals surface area contributed by atoms with Crippen LogP contribution < -0.4 is 15.4 Å². The van der Waals surface area contributed by atoms with Crippen LogP contribution in [0, 0.1) is 5.92 Å². The van der Waals surface area contributed by atoms with Crippen LogP contribution in [0.1, 0.15) is 74.9 Å². The molecule has 3 saturated heterocycles. The molecule has 0 saturated carbocycles. The molecule has 336 valence electrons. The van der Waals surface area contributed by atoms with Crippen molar-refractivity contribution in [2.45, 2.75) is 88.7 Å². The zero-order valence-electron chi connectivity index (χ0n) is 36.7. The van der Waals surface area contributed by atoms with Crippen molar-refractivity contribution < 1.29 is 42.9 Å². The van der Waals surface area contributed by atoms with Crippen molar-refractivity contribution in [2.75, 3.05) is 47.6 Å². The number of aliphatic imine (C=N–C) groups is 1. The van der Waals surface area contributed by atoms with Crippen LogP contribution in [0.3, 0.4) is 0 Å². The zero-order valence-corrected chi connectivity index (χ0v) is 36.7. The van der Waals surface area contributed by atoms with Gasteiger partial charge in [0, 0.05) is 68.3 Å². The number of ether oxygens (including phenoxy) is 5. The molecule has 0 bridgehead atoms. The second kappa shape index (κ2) is 18.5. The highest BCUT2D eigenvalue weighted by Crippen LogP contribution is 2.44. The van der Waals surface area contributed by atoms with Gasteiger partial charge in [0.25, 0.3) is 0 Å². The van der Waals surface area contributed by atoms with E-state index >= 15 is 0 Å². The van der Waals surface area contributed by atoms with Crippen molar-refractivity contribution in [2.24, 2.45) is 10.9 Å². The van der Waals surface area contributed by atoms with Crippen LogP contribution in [0.15, 0.2) is 65.9 Å². The Kier molecular flexibility index (Phi) is 12.4. The molecule has 6 heterocycles. The predicted octanol–water partition coefficient (Wildman–Crippen LogP) is 6.54. The fourth-order valence-electron chi connectivity index (χ4n) is 10.0. The Balaban J connectivity index is 0.879. The Morgan fingerprint density at radius 3 is 2.31 bits per heavy atom. The van der Waals surface area contributed by atoms with E-state index in [9.17, 15) is 19.2 Å². The number of fused-ring (bicyclic) bond motifs is 5. The summed E-state index contributed by atoms with van der Waals surface area (Å²) >= 11 is 0. The molecule has 3 N–H and O–H groups in total. The molecule has 3 aromatic carbocycles. The Morgan fingerprint density at radius 1 is 0.828 bits per heavy atom. The quantitative estimate of drug-likeness (QED) is 0.150. The summed E-state index contributed by atoms with van der Waals surface area (Å²) in [6.45, 7) is 4.44. The van der Waals surface area contributed by atoms with Gasteiger partial charge in [0.1, 0.15) is 30.3 Å². The van der Waals surface area contributed by atoms with Crippen LogP contribution in [0.4, 0.5) is 9.59 Å². The van der Waals surface area contributed by atoms with E-state index in [1.165, 1.54) is 21.3 Å². The number of H-pyrrole nitrogens is 1. The van der Waals surface area contributed by atoms with Crippen LogP contribution in [-0.2, 0) is 35.1 Å². The molecule has 16 heteroatoms. The number of allylic oxidation sites excluding steroid dienone is 1. The average molecular weight is 874 g/mol. The number of aromatic nitrogens is 2. The van der Waals surface area contributed by atoms with Crippen LogP contribution in [-0.4, -0.2) is 121 Å². The van der Waals surface area contributed by atoms with Gasteiger partial charge in [-0.1, -0.05) is 30.3 Å². The number of imidazole rings is 1. The first kappa shape index (κ1) is 43.0. The van der Waals surface area contributed by atoms with E-state index in [0.29, 0.717) is 58.0 Å².